The summed E-state index contributed by atoms with van der Waals surface area (Å²) in [5, 5.41) is 6.84. The average Bonchev–Trinajstić information content (AvgIpc) is 3.37. The van der Waals surface area contributed by atoms with Gasteiger partial charge < -0.3 is 14.5 Å². The summed E-state index contributed by atoms with van der Waals surface area (Å²) in [6.45, 7) is 0.711. The van der Waals surface area contributed by atoms with Gasteiger partial charge in [0.15, 0.2) is 4.77 Å². The summed E-state index contributed by atoms with van der Waals surface area (Å²) in [4.78, 5) is 12.5. The molecule has 0 spiro atoms. The van der Waals surface area contributed by atoms with Gasteiger partial charge >= 0.3 is 0 Å². The highest BCUT2D eigenvalue weighted by molar-refractivity contribution is 7.71. The van der Waals surface area contributed by atoms with Gasteiger partial charge in [-0.15, -0.1) is 0 Å². The number of imidazole rings is 1. The van der Waals surface area contributed by atoms with Crippen LogP contribution in [0.15, 0.2) is 24.5 Å². The standard InChI is InChI=1S/C20H20ClF2N5OS/c1-26-9-11(8-25-26)7-24-17(29)6-15-16-5-12(10-28(16)20(30)27(15)2)18-14(22)4-3-13(21)19(18)23/h3-4,8-9,12H,5-7,10H2,1-2H3,(H,24,29)/t12-/m1/s1. The van der Waals surface area contributed by atoms with Crippen LogP contribution in [0.3, 0.4) is 0 Å². The number of amides is 1. The number of nitrogens with zero attached hydrogens (tertiary/aromatic N) is 4. The summed E-state index contributed by atoms with van der Waals surface area (Å²) >= 11 is 11.4. The summed E-state index contributed by atoms with van der Waals surface area (Å²) in [7, 11) is 3.61. The molecule has 0 saturated heterocycles. The van der Waals surface area contributed by atoms with Gasteiger partial charge in [0, 0.05) is 61.8 Å². The molecule has 1 amide bonds. The second-order valence-corrected chi connectivity index (χ2v) is 8.25. The van der Waals surface area contributed by atoms with E-state index in [2.05, 4.69) is 10.4 Å². The molecule has 10 heteroatoms. The zero-order valence-corrected chi connectivity index (χ0v) is 18.0. The molecule has 1 aromatic carbocycles. The minimum Gasteiger partial charge on any atom is -0.352 e. The lowest BCUT2D eigenvalue weighted by Gasteiger charge is -2.14. The zero-order valence-electron chi connectivity index (χ0n) is 16.5. The van der Waals surface area contributed by atoms with Crippen molar-refractivity contribution in [3.05, 3.63) is 68.5 Å². The van der Waals surface area contributed by atoms with Gasteiger partial charge in [-0.25, -0.2) is 8.78 Å². The number of nitrogens with one attached hydrogen (secondary N) is 1. The van der Waals surface area contributed by atoms with Crippen molar-refractivity contribution in [1.29, 1.82) is 0 Å². The van der Waals surface area contributed by atoms with Gasteiger partial charge in [-0.1, -0.05) is 11.6 Å². The van der Waals surface area contributed by atoms with Crippen molar-refractivity contribution in [3.63, 3.8) is 0 Å². The monoisotopic (exact) mass is 451 g/mol. The van der Waals surface area contributed by atoms with E-state index in [0.717, 1.165) is 17.0 Å². The lowest BCUT2D eigenvalue weighted by atomic mass is 9.95. The second-order valence-electron chi connectivity index (χ2n) is 7.48. The maximum atomic E-state index is 14.5. The minimum atomic E-state index is -0.738. The van der Waals surface area contributed by atoms with Gasteiger partial charge in [0.1, 0.15) is 11.6 Å². The summed E-state index contributed by atoms with van der Waals surface area (Å²) in [5.74, 6) is -1.96. The molecule has 3 heterocycles. The van der Waals surface area contributed by atoms with E-state index in [1.165, 1.54) is 12.1 Å². The highest BCUT2D eigenvalue weighted by Crippen LogP contribution is 2.37. The van der Waals surface area contributed by atoms with Crippen LogP contribution in [0, 0.1) is 16.4 Å². The maximum absolute atomic E-state index is 14.5. The molecule has 0 radical (unpaired) electrons. The molecule has 0 aliphatic carbocycles. The van der Waals surface area contributed by atoms with Crippen LogP contribution < -0.4 is 5.32 Å². The molecule has 1 N–H and O–H groups in total. The summed E-state index contributed by atoms with van der Waals surface area (Å²) in [6.07, 6.45) is 4.02. The molecule has 4 rings (SSSR count). The van der Waals surface area contributed by atoms with Crippen LogP contribution in [0.5, 0.6) is 0 Å². The highest BCUT2D eigenvalue weighted by atomic mass is 35.5. The molecule has 0 saturated carbocycles. The van der Waals surface area contributed by atoms with Crippen molar-refractivity contribution in [2.45, 2.75) is 31.8 Å². The van der Waals surface area contributed by atoms with Gasteiger partial charge in [-0.3, -0.25) is 9.48 Å². The second kappa shape index (κ2) is 7.96. The maximum Gasteiger partial charge on any atom is 0.226 e. The molecule has 158 valence electrons. The molecule has 30 heavy (non-hydrogen) atoms. The van der Waals surface area contributed by atoms with Crippen LogP contribution in [-0.2, 0) is 44.8 Å². The van der Waals surface area contributed by atoms with Crippen molar-refractivity contribution in [2.24, 2.45) is 14.1 Å². The van der Waals surface area contributed by atoms with Crippen LogP contribution >= 0.6 is 23.8 Å². The van der Waals surface area contributed by atoms with Crippen LogP contribution in [0.2, 0.25) is 5.02 Å². The van der Waals surface area contributed by atoms with Gasteiger partial charge in [0.05, 0.1) is 17.6 Å². The van der Waals surface area contributed by atoms with E-state index in [1.807, 2.05) is 17.8 Å². The number of benzene rings is 1. The van der Waals surface area contributed by atoms with Gasteiger partial charge in [-0.2, -0.15) is 5.10 Å². The molecule has 1 aliphatic heterocycles. The third-order valence-corrected chi connectivity index (χ3v) is 6.27. The number of carbonyl (C=O) groups excluding carboxylic acids is 1. The molecule has 1 atom stereocenters. The molecule has 1 aliphatic rings. The molecule has 3 aromatic rings. The number of fused-ring (bicyclic) bond motifs is 1. The Hall–Kier alpha value is -2.52. The Labute approximate surface area is 182 Å². The van der Waals surface area contributed by atoms with E-state index in [1.54, 1.807) is 22.5 Å². The normalized spacial score (nSPS) is 15.4. The largest absolute Gasteiger partial charge is 0.352 e. The highest BCUT2D eigenvalue weighted by Gasteiger charge is 2.32. The Morgan fingerprint density at radius 3 is 2.83 bits per heavy atom. The van der Waals surface area contributed by atoms with Crippen LogP contribution in [0.25, 0.3) is 0 Å². The quantitative estimate of drug-likeness (QED) is 0.477. The van der Waals surface area contributed by atoms with Crippen molar-refractivity contribution in [3.8, 4) is 0 Å². The molecule has 0 fully saturated rings. The number of aromatic nitrogens is 4. The number of hydrogen-bond donors (Lipinski definition) is 1. The Morgan fingerprint density at radius 2 is 2.13 bits per heavy atom. The lowest BCUT2D eigenvalue weighted by Crippen LogP contribution is -2.25. The number of rotatable bonds is 5. The predicted molar refractivity (Wildman–Crippen MR) is 111 cm³/mol. The topological polar surface area (TPSA) is 56.8 Å². The summed E-state index contributed by atoms with van der Waals surface area (Å²) < 4.78 is 34.7. The fourth-order valence-electron chi connectivity index (χ4n) is 4.01. The zero-order chi connectivity index (χ0) is 21.6. The van der Waals surface area contributed by atoms with Gasteiger partial charge in [-0.05, 0) is 30.8 Å². The van der Waals surface area contributed by atoms with E-state index >= 15 is 0 Å². The minimum absolute atomic E-state index is 0.0322. The number of halogens is 3. The number of carbonyl (C=O) groups is 1. The Balaban J connectivity index is 1.55. The van der Waals surface area contributed by atoms with E-state index in [0.29, 0.717) is 24.3 Å². The van der Waals surface area contributed by atoms with Crippen molar-refractivity contribution in [1.82, 2.24) is 24.2 Å². The van der Waals surface area contributed by atoms with E-state index < -0.39 is 17.6 Å². The van der Waals surface area contributed by atoms with Crippen LogP contribution in [0.4, 0.5) is 8.78 Å². The first-order valence-corrected chi connectivity index (χ1v) is 10.2. The summed E-state index contributed by atoms with van der Waals surface area (Å²) in [6, 6.07) is 2.39. The van der Waals surface area contributed by atoms with Crippen molar-refractivity contribution in [2.75, 3.05) is 0 Å². The van der Waals surface area contributed by atoms with Crippen LogP contribution in [0.1, 0.15) is 28.4 Å². The van der Waals surface area contributed by atoms with Gasteiger partial charge in [0.2, 0.25) is 5.91 Å². The first-order chi connectivity index (χ1) is 14.3. The van der Waals surface area contributed by atoms with Crippen LogP contribution in [-0.4, -0.2) is 24.8 Å². The van der Waals surface area contributed by atoms with Gasteiger partial charge in [0.25, 0.3) is 0 Å². The summed E-state index contributed by atoms with van der Waals surface area (Å²) in [5.41, 5.74) is 2.43. The SMILES string of the molecule is Cn1cc(CNC(=O)Cc2c3n(c(=S)n2C)C[C@H](c2c(F)ccc(Cl)c2F)C3)cn1. The van der Waals surface area contributed by atoms with E-state index in [9.17, 15) is 13.6 Å². The fourth-order valence-corrected chi connectivity index (χ4v) is 4.47. The van der Waals surface area contributed by atoms with E-state index in [-0.39, 0.29) is 22.9 Å². The number of hydrogen-bond acceptors (Lipinski definition) is 3. The third kappa shape index (κ3) is 3.67. The van der Waals surface area contributed by atoms with E-state index in [4.69, 9.17) is 23.8 Å². The van der Waals surface area contributed by atoms with Crippen molar-refractivity contribution < 1.29 is 13.6 Å². The number of aryl methyl sites for hydroxylation is 1. The Bertz CT molecular complexity index is 1200. The molecule has 2 aromatic heterocycles. The fraction of sp³-hybridized carbons (Fsp3) is 0.350. The Kier molecular flexibility index (Phi) is 5.50. The lowest BCUT2D eigenvalue weighted by molar-refractivity contribution is -0.120. The molecule has 0 unspecified atom stereocenters. The predicted octanol–water partition coefficient (Wildman–Crippen LogP) is 3.42. The molecular formula is C20H20ClF2N5OS. The first kappa shape index (κ1) is 20.7. The van der Waals surface area contributed by atoms with Crippen molar-refractivity contribution >= 4 is 29.7 Å². The third-order valence-electron chi connectivity index (χ3n) is 5.49. The molecule has 0 bridgehead atoms. The molecule has 6 nitrogen and oxygen atoms in total. The first-order valence-electron chi connectivity index (χ1n) is 9.41. The average molecular weight is 452 g/mol. The Morgan fingerprint density at radius 1 is 1.37 bits per heavy atom. The smallest absolute Gasteiger partial charge is 0.226 e. The molecular weight excluding hydrogens is 432 g/mol.